The molecule has 1 aliphatic heterocycles. The minimum atomic E-state index is 0.00838. The Balaban J connectivity index is 2.64. The summed E-state index contributed by atoms with van der Waals surface area (Å²) in [4.78, 5) is 10.8. The van der Waals surface area contributed by atoms with Crippen LogP contribution in [-0.2, 0) is 4.79 Å². The molecule has 1 aliphatic rings. The van der Waals surface area contributed by atoms with Crippen LogP contribution in [0.15, 0.2) is 11.6 Å². The zero-order valence-corrected chi connectivity index (χ0v) is 6.82. The van der Waals surface area contributed by atoms with E-state index in [0.29, 0.717) is 6.54 Å². The predicted octanol–water partition coefficient (Wildman–Crippen LogP) is 0.751. The highest BCUT2D eigenvalue weighted by Crippen LogP contribution is 2.11. The summed E-state index contributed by atoms with van der Waals surface area (Å²) in [5.74, 6) is 0.00838. The van der Waals surface area contributed by atoms with Gasteiger partial charge in [0.1, 0.15) is 0 Å². The Hall–Kier alpha value is -0.440. The Labute approximate surface area is 66.1 Å². The fourth-order valence-corrected chi connectivity index (χ4v) is 1.38. The van der Waals surface area contributed by atoms with Crippen LogP contribution in [-0.4, -0.2) is 17.7 Å². The summed E-state index contributed by atoms with van der Waals surface area (Å²) >= 11 is 4.27. The molecule has 0 aromatic rings. The lowest BCUT2D eigenvalue weighted by Gasteiger charge is -2.05. The topological polar surface area (TPSA) is 29.1 Å². The van der Waals surface area contributed by atoms with Crippen molar-refractivity contribution in [2.45, 2.75) is 18.6 Å². The van der Waals surface area contributed by atoms with Gasteiger partial charge in [0.2, 0.25) is 5.91 Å². The quantitative estimate of drug-likeness (QED) is 0.499. The molecule has 1 amide bonds. The van der Waals surface area contributed by atoms with E-state index < -0.39 is 0 Å². The summed E-state index contributed by atoms with van der Waals surface area (Å²) in [5, 5.41) is 3.01. The van der Waals surface area contributed by atoms with Crippen molar-refractivity contribution >= 4 is 18.5 Å². The Morgan fingerprint density at radius 1 is 1.80 bits per heavy atom. The standard InChI is InChI=1S/C7H11NOS/c1-5-2-6(10)4-8-7(9)3-5/h3,6,10H,2,4H2,1H3,(H,8,9). The molecular formula is C7H11NOS. The van der Waals surface area contributed by atoms with Crippen LogP contribution in [0.25, 0.3) is 0 Å². The van der Waals surface area contributed by atoms with E-state index in [4.69, 9.17) is 0 Å². The van der Waals surface area contributed by atoms with Crippen LogP contribution in [0.3, 0.4) is 0 Å². The molecule has 0 bridgehead atoms. The number of carbonyl (C=O) groups excluding carboxylic acids is 1. The molecule has 0 radical (unpaired) electrons. The van der Waals surface area contributed by atoms with Gasteiger partial charge in [-0.15, -0.1) is 0 Å². The lowest BCUT2D eigenvalue weighted by molar-refractivity contribution is -0.116. The third-order valence-electron chi connectivity index (χ3n) is 1.45. The van der Waals surface area contributed by atoms with Gasteiger partial charge >= 0.3 is 0 Å². The SMILES string of the molecule is CC1=CC(=O)NCC(S)C1. The number of hydrogen-bond donors (Lipinski definition) is 2. The van der Waals surface area contributed by atoms with E-state index in [0.717, 1.165) is 12.0 Å². The van der Waals surface area contributed by atoms with E-state index >= 15 is 0 Å². The molecule has 0 spiro atoms. The van der Waals surface area contributed by atoms with E-state index in [1.165, 1.54) is 0 Å². The maximum atomic E-state index is 10.8. The average Bonchev–Trinajstić information content (AvgIpc) is 1.93. The van der Waals surface area contributed by atoms with Crippen LogP contribution in [0.2, 0.25) is 0 Å². The molecule has 0 aromatic heterocycles. The van der Waals surface area contributed by atoms with Gasteiger partial charge < -0.3 is 5.32 Å². The summed E-state index contributed by atoms with van der Waals surface area (Å²) < 4.78 is 0. The zero-order valence-electron chi connectivity index (χ0n) is 5.92. The van der Waals surface area contributed by atoms with Crippen molar-refractivity contribution in [3.8, 4) is 0 Å². The lowest BCUT2D eigenvalue weighted by atomic mass is 10.2. The molecule has 1 N–H and O–H groups in total. The second kappa shape index (κ2) is 3.10. The summed E-state index contributed by atoms with van der Waals surface area (Å²) in [7, 11) is 0. The normalized spacial score (nSPS) is 26.8. The minimum Gasteiger partial charge on any atom is -0.351 e. The van der Waals surface area contributed by atoms with Crippen molar-refractivity contribution in [1.82, 2.24) is 5.32 Å². The maximum absolute atomic E-state index is 10.8. The molecule has 0 aromatic carbocycles. The molecule has 0 aliphatic carbocycles. The van der Waals surface area contributed by atoms with Crippen molar-refractivity contribution in [2.24, 2.45) is 0 Å². The number of allylic oxidation sites excluding steroid dienone is 1. The molecule has 1 atom stereocenters. The van der Waals surface area contributed by atoms with Gasteiger partial charge in [-0.05, 0) is 13.3 Å². The van der Waals surface area contributed by atoms with Crippen molar-refractivity contribution in [3.63, 3.8) is 0 Å². The lowest BCUT2D eigenvalue weighted by Crippen LogP contribution is -2.25. The Kier molecular flexibility index (Phi) is 2.38. The zero-order chi connectivity index (χ0) is 7.56. The van der Waals surface area contributed by atoms with E-state index in [9.17, 15) is 4.79 Å². The highest BCUT2D eigenvalue weighted by molar-refractivity contribution is 7.81. The first-order valence-corrected chi connectivity index (χ1v) is 3.83. The van der Waals surface area contributed by atoms with Crippen LogP contribution in [0.1, 0.15) is 13.3 Å². The number of carbonyl (C=O) groups is 1. The van der Waals surface area contributed by atoms with Crippen molar-refractivity contribution in [1.29, 1.82) is 0 Å². The highest BCUT2D eigenvalue weighted by Gasteiger charge is 2.10. The monoisotopic (exact) mass is 157 g/mol. The predicted molar refractivity (Wildman–Crippen MR) is 44.2 cm³/mol. The van der Waals surface area contributed by atoms with Crippen molar-refractivity contribution in [2.75, 3.05) is 6.54 Å². The van der Waals surface area contributed by atoms with Gasteiger partial charge in [0, 0.05) is 17.9 Å². The highest BCUT2D eigenvalue weighted by atomic mass is 32.1. The molecule has 1 unspecified atom stereocenters. The number of hydrogen-bond acceptors (Lipinski definition) is 2. The van der Waals surface area contributed by atoms with Crippen LogP contribution in [0.5, 0.6) is 0 Å². The van der Waals surface area contributed by atoms with E-state index in [2.05, 4.69) is 17.9 Å². The summed E-state index contributed by atoms with van der Waals surface area (Å²) in [6.45, 7) is 2.63. The number of nitrogens with one attached hydrogen (secondary N) is 1. The average molecular weight is 157 g/mol. The van der Waals surface area contributed by atoms with Gasteiger partial charge in [-0.1, -0.05) is 5.57 Å². The number of amides is 1. The number of thiol groups is 1. The summed E-state index contributed by atoms with van der Waals surface area (Å²) in [6, 6.07) is 0. The minimum absolute atomic E-state index is 0.00838. The first-order chi connectivity index (χ1) is 4.68. The van der Waals surface area contributed by atoms with Crippen molar-refractivity contribution in [3.05, 3.63) is 11.6 Å². The third-order valence-corrected chi connectivity index (χ3v) is 1.81. The largest absolute Gasteiger partial charge is 0.351 e. The summed E-state index contributed by atoms with van der Waals surface area (Å²) in [5.41, 5.74) is 1.11. The summed E-state index contributed by atoms with van der Waals surface area (Å²) in [6.07, 6.45) is 2.54. The van der Waals surface area contributed by atoms with Gasteiger partial charge in [0.05, 0.1) is 0 Å². The van der Waals surface area contributed by atoms with Gasteiger partial charge in [-0.2, -0.15) is 12.6 Å². The second-order valence-electron chi connectivity index (χ2n) is 2.59. The molecular weight excluding hydrogens is 146 g/mol. The molecule has 0 saturated heterocycles. The molecule has 1 heterocycles. The molecule has 1 rings (SSSR count). The van der Waals surface area contributed by atoms with Crippen LogP contribution >= 0.6 is 12.6 Å². The van der Waals surface area contributed by atoms with Crippen molar-refractivity contribution < 1.29 is 4.79 Å². The van der Waals surface area contributed by atoms with Crippen LogP contribution < -0.4 is 5.32 Å². The van der Waals surface area contributed by atoms with Gasteiger partial charge in [-0.25, -0.2) is 0 Å². The van der Waals surface area contributed by atoms with Gasteiger partial charge in [-0.3, -0.25) is 4.79 Å². The molecule has 10 heavy (non-hydrogen) atoms. The smallest absolute Gasteiger partial charge is 0.243 e. The Morgan fingerprint density at radius 3 is 3.20 bits per heavy atom. The molecule has 3 heteroatoms. The van der Waals surface area contributed by atoms with E-state index in [1.54, 1.807) is 6.08 Å². The number of rotatable bonds is 0. The molecule has 0 saturated carbocycles. The van der Waals surface area contributed by atoms with E-state index in [1.807, 2.05) is 6.92 Å². The van der Waals surface area contributed by atoms with Crippen LogP contribution in [0, 0.1) is 0 Å². The Bertz CT molecular complexity index is 176. The molecule has 56 valence electrons. The third kappa shape index (κ3) is 2.06. The fraction of sp³-hybridized carbons (Fsp3) is 0.571. The maximum Gasteiger partial charge on any atom is 0.243 e. The second-order valence-corrected chi connectivity index (χ2v) is 3.32. The Morgan fingerprint density at radius 2 is 2.50 bits per heavy atom. The first-order valence-electron chi connectivity index (χ1n) is 3.31. The first kappa shape index (κ1) is 7.66. The van der Waals surface area contributed by atoms with Gasteiger partial charge in [0.15, 0.2) is 0 Å². The fourth-order valence-electron chi connectivity index (χ4n) is 0.996. The molecule has 2 nitrogen and oxygen atoms in total. The van der Waals surface area contributed by atoms with E-state index in [-0.39, 0.29) is 11.2 Å². The van der Waals surface area contributed by atoms with Gasteiger partial charge in [0.25, 0.3) is 0 Å². The molecule has 0 fully saturated rings. The van der Waals surface area contributed by atoms with Crippen LogP contribution in [0.4, 0.5) is 0 Å².